The van der Waals surface area contributed by atoms with Gasteiger partial charge >= 0.3 is 0 Å². The van der Waals surface area contributed by atoms with E-state index in [4.69, 9.17) is 5.11 Å². The Morgan fingerprint density at radius 3 is 3.12 bits per heavy atom. The lowest BCUT2D eigenvalue weighted by molar-refractivity contribution is 0.0620. The number of hydrogen-bond donors (Lipinski definition) is 2. The maximum absolute atomic E-state index is 12.1. The van der Waals surface area contributed by atoms with Gasteiger partial charge in [0.1, 0.15) is 0 Å². The van der Waals surface area contributed by atoms with Crippen molar-refractivity contribution in [2.45, 2.75) is 12.8 Å². The molecular formula is C12H16N2O3. The van der Waals surface area contributed by atoms with E-state index in [1.807, 2.05) is 0 Å². The Morgan fingerprint density at radius 1 is 1.59 bits per heavy atom. The van der Waals surface area contributed by atoms with Gasteiger partial charge in [-0.1, -0.05) is 0 Å². The van der Waals surface area contributed by atoms with Crippen LogP contribution < -0.4 is 5.56 Å². The lowest BCUT2D eigenvalue weighted by Gasteiger charge is -2.31. The largest absolute Gasteiger partial charge is 0.396 e. The predicted molar refractivity (Wildman–Crippen MR) is 62.8 cm³/mol. The van der Waals surface area contributed by atoms with Crippen molar-refractivity contribution in [2.75, 3.05) is 19.7 Å². The number of aliphatic hydroxyl groups is 1. The molecule has 92 valence electrons. The smallest absolute Gasteiger partial charge is 0.254 e. The molecule has 17 heavy (non-hydrogen) atoms. The summed E-state index contributed by atoms with van der Waals surface area (Å²) < 4.78 is 0. The average molecular weight is 236 g/mol. The van der Waals surface area contributed by atoms with Gasteiger partial charge in [-0.05, 0) is 24.8 Å². The van der Waals surface area contributed by atoms with Gasteiger partial charge in [-0.2, -0.15) is 0 Å². The number of piperidine rings is 1. The van der Waals surface area contributed by atoms with E-state index >= 15 is 0 Å². The number of aliphatic hydroxyl groups excluding tert-OH is 1. The first-order valence-corrected chi connectivity index (χ1v) is 5.79. The maximum atomic E-state index is 12.1. The molecule has 0 radical (unpaired) electrons. The molecule has 1 aromatic rings. The molecule has 1 saturated heterocycles. The summed E-state index contributed by atoms with van der Waals surface area (Å²) in [5.41, 5.74) is 0.138. The zero-order valence-corrected chi connectivity index (χ0v) is 9.56. The van der Waals surface area contributed by atoms with E-state index in [9.17, 15) is 9.59 Å². The third kappa shape index (κ3) is 2.74. The molecule has 1 aromatic heterocycles. The SMILES string of the molecule is O=C(c1cc[nH]c(=O)c1)N1CCC[C@H](CO)C1. The molecule has 0 aromatic carbocycles. The van der Waals surface area contributed by atoms with Crippen LogP contribution in [0.1, 0.15) is 23.2 Å². The lowest BCUT2D eigenvalue weighted by Crippen LogP contribution is -2.41. The molecule has 0 unspecified atom stereocenters. The zero-order valence-electron chi connectivity index (χ0n) is 9.56. The fourth-order valence-corrected chi connectivity index (χ4v) is 2.16. The van der Waals surface area contributed by atoms with Crippen molar-refractivity contribution in [3.05, 3.63) is 34.2 Å². The highest BCUT2D eigenvalue weighted by molar-refractivity contribution is 5.94. The number of pyridine rings is 1. The molecule has 1 aliphatic heterocycles. The second kappa shape index (κ2) is 5.14. The van der Waals surface area contributed by atoms with Crippen molar-refractivity contribution in [1.82, 2.24) is 9.88 Å². The van der Waals surface area contributed by atoms with Crippen LogP contribution in [-0.4, -0.2) is 40.6 Å². The van der Waals surface area contributed by atoms with Crippen molar-refractivity contribution in [3.8, 4) is 0 Å². The normalized spacial score (nSPS) is 20.3. The Hall–Kier alpha value is -1.62. The van der Waals surface area contributed by atoms with Gasteiger partial charge in [0.2, 0.25) is 5.56 Å². The number of nitrogens with zero attached hydrogens (tertiary/aromatic N) is 1. The van der Waals surface area contributed by atoms with Gasteiger partial charge in [-0.25, -0.2) is 0 Å². The van der Waals surface area contributed by atoms with Gasteiger partial charge in [0, 0.05) is 37.5 Å². The van der Waals surface area contributed by atoms with Gasteiger partial charge in [0.25, 0.3) is 5.91 Å². The van der Waals surface area contributed by atoms with Gasteiger partial charge in [-0.3, -0.25) is 9.59 Å². The van der Waals surface area contributed by atoms with Crippen molar-refractivity contribution in [3.63, 3.8) is 0 Å². The Bertz CT molecular complexity index is 455. The number of nitrogens with one attached hydrogen (secondary N) is 1. The van der Waals surface area contributed by atoms with Crippen LogP contribution in [0.5, 0.6) is 0 Å². The third-order valence-electron chi connectivity index (χ3n) is 3.09. The minimum Gasteiger partial charge on any atom is -0.396 e. The molecule has 2 rings (SSSR count). The number of likely N-dealkylation sites (tertiary alicyclic amines) is 1. The molecule has 0 spiro atoms. The molecule has 5 heteroatoms. The van der Waals surface area contributed by atoms with Crippen LogP contribution in [0.2, 0.25) is 0 Å². The first-order valence-electron chi connectivity index (χ1n) is 5.79. The standard InChI is InChI=1S/C12H16N2O3/c15-8-9-2-1-5-14(7-9)12(17)10-3-4-13-11(16)6-10/h3-4,6,9,15H,1-2,5,7-8H2,(H,13,16)/t9-/m0/s1. The summed E-state index contributed by atoms with van der Waals surface area (Å²) in [5.74, 6) is 0.0314. The number of H-pyrrole nitrogens is 1. The number of carbonyl (C=O) groups is 1. The number of rotatable bonds is 2. The van der Waals surface area contributed by atoms with E-state index in [-0.39, 0.29) is 24.0 Å². The highest BCUT2D eigenvalue weighted by Crippen LogP contribution is 2.17. The van der Waals surface area contributed by atoms with E-state index in [1.54, 1.807) is 11.0 Å². The molecule has 2 heterocycles. The number of amides is 1. The van der Waals surface area contributed by atoms with E-state index in [0.717, 1.165) is 12.8 Å². The van der Waals surface area contributed by atoms with Gasteiger partial charge in [0.15, 0.2) is 0 Å². The van der Waals surface area contributed by atoms with Crippen molar-refractivity contribution >= 4 is 5.91 Å². The Labute approximate surface area is 99.1 Å². The fraction of sp³-hybridized carbons (Fsp3) is 0.500. The predicted octanol–water partition coefficient (Wildman–Crippen LogP) is 0.219. The summed E-state index contributed by atoms with van der Waals surface area (Å²) in [4.78, 5) is 27.4. The number of hydrogen-bond acceptors (Lipinski definition) is 3. The maximum Gasteiger partial charge on any atom is 0.254 e. The van der Waals surface area contributed by atoms with Crippen molar-refractivity contribution in [2.24, 2.45) is 5.92 Å². The zero-order chi connectivity index (χ0) is 12.3. The third-order valence-corrected chi connectivity index (χ3v) is 3.09. The lowest BCUT2D eigenvalue weighted by atomic mass is 9.98. The summed E-state index contributed by atoms with van der Waals surface area (Å²) >= 11 is 0. The minimum absolute atomic E-state index is 0.110. The number of aromatic nitrogens is 1. The molecule has 1 fully saturated rings. The van der Waals surface area contributed by atoms with Crippen LogP contribution >= 0.6 is 0 Å². The molecule has 1 atom stereocenters. The summed E-state index contributed by atoms with van der Waals surface area (Å²) in [6, 6.07) is 2.91. The van der Waals surface area contributed by atoms with E-state index < -0.39 is 0 Å². The molecule has 5 nitrogen and oxygen atoms in total. The van der Waals surface area contributed by atoms with Crippen molar-refractivity contribution < 1.29 is 9.90 Å². The van der Waals surface area contributed by atoms with Crippen LogP contribution in [0.4, 0.5) is 0 Å². The minimum atomic E-state index is -0.272. The van der Waals surface area contributed by atoms with Crippen molar-refractivity contribution in [1.29, 1.82) is 0 Å². The second-order valence-corrected chi connectivity index (χ2v) is 4.38. The summed E-state index contributed by atoms with van der Waals surface area (Å²) in [6.45, 7) is 1.38. The second-order valence-electron chi connectivity index (χ2n) is 4.38. The highest BCUT2D eigenvalue weighted by Gasteiger charge is 2.23. The Kier molecular flexibility index (Phi) is 3.58. The quantitative estimate of drug-likeness (QED) is 0.771. The molecule has 0 aliphatic carbocycles. The molecule has 1 aliphatic rings. The van der Waals surface area contributed by atoms with E-state index in [1.165, 1.54) is 12.3 Å². The van der Waals surface area contributed by atoms with Crippen LogP contribution in [-0.2, 0) is 0 Å². The highest BCUT2D eigenvalue weighted by atomic mass is 16.3. The topological polar surface area (TPSA) is 73.4 Å². The molecule has 0 bridgehead atoms. The molecule has 2 N–H and O–H groups in total. The van der Waals surface area contributed by atoms with Crippen LogP contribution in [0.25, 0.3) is 0 Å². The first-order chi connectivity index (χ1) is 8.20. The average Bonchev–Trinajstić information content (AvgIpc) is 2.38. The number of carbonyl (C=O) groups excluding carboxylic acids is 1. The molecule has 0 saturated carbocycles. The summed E-state index contributed by atoms with van der Waals surface area (Å²) in [7, 11) is 0. The molecule has 1 amide bonds. The van der Waals surface area contributed by atoms with Crippen LogP contribution in [0, 0.1) is 5.92 Å². The fourth-order valence-electron chi connectivity index (χ4n) is 2.16. The van der Waals surface area contributed by atoms with E-state index in [2.05, 4.69) is 4.98 Å². The van der Waals surface area contributed by atoms with Gasteiger partial charge in [0.05, 0.1) is 0 Å². The van der Waals surface area contributed by atoms with Crippen LogP contribution in [0.15, 0.2) is 23.1 Å². The van der Waals surface area contributed by atoms with Gasteiger partial charge in [-0.15, -0.1) is 0 Å². The summed E-state index contributed by atoms with van der Waals surface area (Å²) in [5, 5.41) is 9.11. The van der Waals surface area contributed by atoms with Crippen LogP contribution in [0.3, 0.4) is 0 Å². The monoisotopic (exact) mass is 236 g/mol. The summed E-state index contributed by atoms with van der Waals surface area (Å²) in [6.07, 6.45) is 3.33. The number of aromatic amines is 1. The first kappa shape index (κ1) is 11.9. The van der Waals surface area contributed by atoms with E-state index in [0.29, 0.717) is 18.7 Å². The Balaban J connectivity index is 2.12. The van der Waals surface area contributed by atoms with Gasteiger partial charge < -0.3 is 15.0 Å². The molecular weight excluding hydrogens is 220 g/mol. The Morgan fingerprint density at radius 2 is 2.41 bits per heavy atom.